The minimum Gasteiger partial charge on any atom is -0.344 e. The van der Waals surface area contributed by atoms with E-state index in [4.69, 9.17) is 0 Å². The van der Waals surface area contributed by atoms with Gasteiger partial charge in [0, 0.05) is 45.8 Å². The van der Waals surface area contributed by atoms with E-state index in [1.54, 1.807) is 0 Å². The smallest absolute Gasteiger partial charge is 0.0541 e. The summed E-state index contributed by atoms with van der Waals surface area (Å²) in [4.78, 5) is 0. The van der Waals surface area contributed by atoms with Gasteiger partial charge >= 0.3 is 0 Å². The summed E-state index contributed by atoms with van der Waals surface area (Å²) in [7, 11) is 2.11. The number of allylic oxidation sites excluding steroid dienone is 2. The Balaban J connectivity index is 2.09. The first kappa shape index (κ1) is 18.8. The van der Waals surface area contributed by atoms with E-state index in [1.165, 1.54) is 33.1 Å². The molecule has 0 bridgehead atoms. The Labute approximate surface area is 172 Å². The Morgan fingerprint density at radius 3 is 2.21 bits per heavy atom. The van der Waals surface area contributed by atoms with Crippen molar-refractivity contribution >= 4 is 46.1 Å². The van der Waals surface area contributed by atoms with Crippen molar-refractivity contribution in [3.63, 3.8) is 0 Å². The van der Waals surface area contributed by atoms with Crippen LogP contribution in [0.3, 0.4) is 0 Å². The zero-order chi connectivity index (χ0) is 20.5. The molecule has 0 N–H and O–H groups in total. The Morgan fingerprint density at radius 2 is 1.52 bits per heavy atom. The lowest BCUT2D eigenvalue weighted by Gasteiger charge is -2.10. The Hall–Kier alpha value is -3.52. The molecule has 0 aliphatic carbocycles. The molecule has 0 atom stereocenters. The number of nitrogens with zero attached hydrogens (tertiary/aromatic N) is 2. The highest BCUT2D eigenvalue weighted by atomic mass is 15.0. The van der Waals surface area contributed by atoms with E-state index in [0.717, 1.165) is 16.9 Å². The van der Waals surface area contributed by atoms with Crippen LogP contribution in [-0.4, -0.2) is 9.13 Å². The third-order valence-electron chi connectivity index (χ3n) is 5.53. The summed E-state index contributed by atoms with van der Waals surface area (Å²) >= 11 is 0. The van der Waals surface area contributed by atoms with Gasteiger partial charge in [0.2, 0.25) is 0 Å². The molecule has 2 heterocycles. The van der Waals surface area contributed by atoms with Crippen molar-refractivity contribution in [3.8, 4) is 5.69 Å². The van der Waals surface area contributed by atoms with Gasteiger partial charge in [0.25, 0.3) is 0 Å². The minimum atomic E-state index is 1.11. The van der Waals surface area contributed by atoms with E-state index in [1.807, 2.05) is 26.0 Å². The van der Waals surface area contributed by atoms with E-state index < -0.39 is 0 Å². The predicted octanol–water partition coefficient (Wildman–Crippen LogP) is 7.47. The number of rotatable bonds is 5. The Bertz CT molecular complexity index is 1310. The fourth-order valence-electron chi connectivity index (χ4n) is 4.30. The molecule has 144 valence electrons. The average molecular weight is 379 g/mol. The summed E-state index contributed by atoms with van der Waals surface area (Å²) in [6.45, 7) is 12.3. The predicted molar refractivity (Wildman–Crippen MR) is 129 cm³/mol. The lowest BCUT2D eigenvalue weighted by atomic mass is 10.1. The summed E-state index contributed by atoms with van der Waals surface area (Å²) in [5.41, 5.74) is 8.14. The first-order chi connectivity index (χ1) is 14.2. The zero-order valence-electron chi connectivity index (χ0n) is 17.3. The van der Waals surface area contributed by atoms with Crippen molar-refractivity contribution in [2.24, 2.45) is 7.05 Å². The monoisotopic (exact) mass is 378 g/mol. The van der Waals surface area contributed by atoms with Gasteiger partial charge in [0.15, 0.2) is 0 Å². The molecule has 0 saturated heterocycles. The van der Waals surface area contributed by atoms with Gasteiger partial charge in [0.05, 0.1) is 11.2 Å². The molecule has 29 heavy (non-hydrogen) atoms. The van der Waals surface area contributed by atoms with Gasteiger partial charge in [-0.25, -0.2) is 0 Å². The van der Waals surface area contributed by atoms with Crippen molar-refractivity contribution < 1.29 is 0 Å². The van der Waals surface area contributed by atoms with E-state index in [-0.39, 0.29) is 0 Å². The summed E-state index contributed by atoms with van der Waals surface area (Å²) in [5, 5.41) is 2.43. The van der Waals surface area contributed by atoms with Gasteiger partial charge in [-0.2, -0.15) is 0 Å². The van der Waals surface area contributed by atoms with Gasteiger partial charge in [0.1, 0.15) is 0 Å². The highest BCUT2D eigenvalue weighted by molar-refractivity contribution is 5.98. The van der Waals surface area contributed by atoms with E-state index in [0.29, 0.717) is 0 Å². The molecule has 0 fully saturated rings. The molecular formula is C27H26N2. The lowest BCUT2D eigenvalue weighted by Crippen LogP contribution is -1.97. The van der Waals surface area contributed by atoms with E-state index in [9.17, 15) is 0 Å². The summed E-state index contributed by atoms with van der Waals surface area (Å²) in [6.07, 6.45) is 12.4. The molecule has 0 aliphatic heterocycles. The van der Waals surface area contributed by atoms with Gasteiger partial charge < -0.3 is 9.13 Å². The number of hydrogen-bond acceptors (Lipinski definition) is 0. The van der Waals surface area contributed by atoms with Gasteiger partial charge in [-0.1, -0.05) is 55.7 Å². The number of hydrogen-bond donors (Lipinski definition) is 0. The van der Waals surface area contributed by atoms with Gasteiger partial charge in [-0.3, -0.25) is 0 Å². The largest absolute Gasteiger partial charge is 0.344 e. The standard InChI is InChI=1S/C27H26N2/c1-6-12-21-22-14-10-11-15-27(22)29(24(21)9-4)19-16-17-26-23(18-19)20(8-3)25(13-7-2)28(26)5/h6-18H,3-4H2,1-2,5H3/b12-6-,13-7-. The third-order valence-corrected chi connectivity index (χ3v) is 5.53. The van der Waals surface area contributed by atoms with Crippen LogP contribution in [0.15, 0.2) is 67.8 Å². The molecule has 0 spiro atoms. The van der Waals surface area contributed by atoms with Crippen molar-refractivity contribution in [3.05, 3.63) is 90.3 Å². The maximum Gasteiger partial charge on any atom is 0.0541 e. The lowest BCUT2D eigenvalue weighted by molar-refractivity contribution is 0.952. The van der Waals surface area contributed by atoms with E-state index >= 15 is 0 Å². The Kier molecular flexibility index (Phi) is 4.85. The molecular weight excluding hydrogens is 352 g/mol. The summed E-state index contributed by atoms with van der Waals surface area (Å²) in [5.74, 6) is 0. The van der Waals surface area contributed by atoms with Crippen LogP contribution in [-0.2, 0) is 7.05 Å². The molecule has 2 heteroatoms. The van der Waals surface area contributed by atoms with Gasteiger partial charge in [-0.05, 0) is 50.3 Å². The van der Waals surface area contributed by atoms with Crippen LogP contribution in [0.4, 0.5) is 0 Å². The highest BCUT2D eigenvalue weighted by Crippen LogP contribution is 2.34. The van der Waals surface area contributed by atoms with Crippen LogP contribution in [0.25, 0.3) is 51.8 Å². The normalized spacial score (nSPS) is 12.0. The van der Waals surface area contributed by atoms with Crippen molar-refractivity contribution in [2.45, 2.75) is 13.8 Å². The summed E-state index contributed by atoms with van der Waals surface area (Å²) < 4.78 is 4.52. The van der Waals surface area contributed by atoms with Crippen molar-refractivity contribution in [1.82, 2.24) is 9.13 Å². The van der Waals surface area contributed by atoms with Crippen LogP contribution in [0.2, 0.25) is 0 Å². The molecule has 4 aromatic rings. The summed E-state index contributed by atoms with van der Waals surface area (Å²) in [6, 6.07) is 15.2. The van der Waals surface area contributed by atoms with Crippen molar-refractivity contribution in [2.75, 3.05) is 0 Å². The fourth-order valence-corrected chi connectivity index (χ4v) is 4.30. The molecule has 2 aromatic heterocycles. The molecule has 0 unspecified atom stereocenters. The maximum absolute atomic E-state index is 4.11. The van der Waals surface area contributed by atoms with E-state index in [2.05, 4.69) is 96.1 Å². The topological polar surface area (TPSA) is 9.86 Å². The quantitative estimate of drug-likeness (QED) is 0.341. The van der Waals surface area contributed by atoms with Crippen LogP contribution >= 0.6 is 0 Å². The molecule has 4 rings (SSSR count). The number of aromatic nitrogens is 2. The van der Waals surface area contributed by atoms with Crippen LogP contribution in [0, 0.1) is 0 Å². The molecule has 2 aromatic carbocycles. The maximum atomic E-state index is 4.11. The number of para-hydroxylation sites is 1. The number of benzene rings is 2. The number of aryl methyl sites for hydroxylation is 1. The van der Waals surface area contributed by atoms with Gasteiger partial charge in [-0.15, -0.1) is 0 Å². The minimum absolute atomic E-state index is 1.11. The zero-order valence-corrected chi connectivity index (χ0v) is 17.3. The number of fused-ring (bicyclic) bond motifs is 2. The fraction of sp³-hybridized carbons (Fsp3) is 0.111. The second-order valence-corrected chi connectivity index (χ2v) is 7.12. The SMILES string of the molecule is C=Cc1c(/C=C\C)n(C)c2ccc(-n3c(C=C)c(/C=C\C)c4ccccc43)cc12. The third kappa shape index (κ3) is 2.80. The second-order valence-electron chi connectivity index (χ2n) is 7.12. The molecule has 0 saturated carbocycles. The first-order valence-electron chi connectivity index (χ1n) is 9.92. The molecule has 0 radical (unpaired) electrons. The second kappa shape index (κ2) is 7.48. The highest BCUT2D eigenvalue weighted by Gasteiger charge is 2.17. The Morgan fingerprint density at radius 1 is 0.759 bits per heavy atom. The first-order valence-corrected chi connectivity index (χ1v) is 9.92. The van der Waals surface area contributed by atoms with Crippen molar-refractivity contribution in [1.29, 1.82) is 0 Å². The van der Waals surface area contributed by atoms with Crippen LogP contribution in [0.5, 0.6) is 0 Å². The van der Waals surface area contributed by atoms with Crippen LogP contribution < -0.4 is 0 Å². The molecule has 0 aliphatic rings. The average Bonchev–Trinajstić information content (AvgIpc) is 3.20. The van der Waals surface area contributed by atoms with Crippen LogP contribution in [0.1, 0.15) is 36.4 Å². The molecule has 0 amide bonds. The molecule has 2 nitrogen and oxygen atoms in total.